The van der Waals surface area contributed by atoms with E-state index in [4.69, 9.17) is 17.7 Å². The molecule has 0 aromatic carbocycles. The highest BCUT2D eigenvalue weighted by Crippen LogP contribution is 2.48. The van der Waals surface area contributed by atoms with Crippen LogP contribution in [-0.2, 0) is 17.7 Å². The maximum absolute atomic E-state index is 12.9. The zero-order valence-corrected chi connectivity index (χ0v) is 24.2. The van der Waals surface area contributed by atoms with E-state index in [2.05, 4.69) is 60.4 Å². The van der Waals surface area contributed by atoms with Gasteiger partial charge in [0.05, 0.1) is 18.2 Å². The molecule has 2 aliphatic heterocycles. The zero-order chi connectivity index (χ0) is 25.0. The number of hydrogen-bond donors (Lipinski definition) is 1. The molecule has 4 rings (SSSR count). The summed E-state index contributed by atoms with van der Waals surface area (Å²) >= 11 is 1.32. The molecule has 0 amide bonds. The van der Waals surface area contributed by atoms with Crippen molar-refractivity contribution in [3.8, 4) is 0 Å². The molecule has 0 saturated carbocycles. The number of fused-ring (bicyclic) bond motifs is 2. The van der Waals surface area contributed by atoms with Crippen LogP contribution in [0.25, 0.3) is 10.2 Å². The number of thiophene rings is 1. The van der Waals surface area contributed by atoms with Gasteiger partial charge in [-0.15, -0.1) is 11.3 Å². The lowest BCUT2D eigenvalue weighted by molar-refractivity contribution is -0.0553. The molecule has 2 fully saturated rings. The second kappa shape index (κ2) is 9.42. The van der Waals surface area contributed by atoms with E-state index in [1.54, 1.807) is 10.6 Å². The van der Waals surface area contributed by atoms with Crippen molar-refractivity contribution >= 4 is 38.7 Å². The van der Waals surface area contributed by atoms with Crippen LogP contribution in [0.3, 0.4) is 0 Å². The number of aromatic nitrogens is 2. The Hall–Kier alpha value is -1.09. The number of nitrogens with one attached hydrogen (secondary N) is 1. The fourth-order valence-electron chi connectivity index (χ4n) is 5.57. The fraction of sp³-hybridized carbons (Fsp3) is 0.739. The van der Waals surface area contributed by atoms with Gasteiger partial charge in [0, 0.05) is 6.42 Å². The number of aromatic amines is 1. The van der Waals surface area contributed by atoms with Crippen LogP contribution in [-0.4, -0.2) is 45.5 Å². The fourth-order valence-corrected chi connectivity index (χ4v) is 17.6. The Labute approximate surface area is 207 Å². The summed E-state index contributed by atoms with van der Waals surface area (Å²) in [7, 11) is -5.40. The lowest BCUT2D eigenvalue weighted by Crippen LogP contribution is -2.65. The molecule has 190 valence electrons. The van der Waals surface area contributed by atoms with Crippen molar-refractivity contribution in [2.24, 2.45) is 0 Å². The summed E-state index contributed by atoms with van der Waals surface area (Å²) in [5, 5.41) is 1.82. The first-order valence-electron chi connectivity index (χ1n) is 12.3. The molecule has 34 heavy (non-hydrogen) atoms. The number of ether oxygens (including phenoxy) is 1. The van der Waals surface area contributed by atoms with Gasteiger partial charge in [0.15, 0.2) is 0 Å². The average Bonchev–Trinajstić information content (AvgIpc) is 3.35. The topological polar surface area (TPSA) is 91.8 Å². The smallest absolute Gasteiger partial charge is 0.335 e. The third-order valence-corrected chi connectivity index (χ3v) is 18.5. The molecule has 11 heteroatoms. The standard InChI is InChI=1S/C23H38N2O6SSi2/c1-13(2)33(14(3)4)28-12-19-18(30-34(31-33,15(5)6)16(7)8)11-20(29-19)25-17-9-10-32-21(17)22(26)24-23(25)27/h9-10,13-16,18-20H,11-12H2,1-8H3,(H,24,26,27)/t18?,19-,20-/m1/s1. The minimum atomic E-state index is -2.75. The van der Waals surface area contributed by atoms with Gasteiger partial charge in [-0.3, -0.25) is 14.3 Å². The van der Waals surface area contributed by atoms with Crippen LogP contribution >= 0.6 is 11.3 Å². The van der Waals surface area contributed by atoms with Crippen LogP contribution in [0.15, 0.2) is 21.0 Å². The van der Waals surface area contributed by atoms with E-state index in [1.807, 2.05) is 5.38 Å². The van der Waals surface area contributed by atoms with Gasteiger partial charge >= 0.3 is 22.8 Å². The lowest BCUT2D eigenvalue weighted by atomic mass is 10.2. The maximum atomic E-state index is 12.9. The first-order chi connectivity index (χ1) is 15.9. The summed E-state index contributed by atoms with van der Waals surface area (Å²) in [5.41, 5.74) is 0.716. The molecular weight excluding hydrogens is 489 g/mol. The summed E-state index contributed by atoms with van der Waals surface area (Å²) in [6.07, 6.45) is -0.603. The minimum Gasteiger partial charge on any atom is -0.414 e. The Morgan fingerprint density at radius 1 is 0.971 bits per heavy atom. The monoisotopic (exact) mass is 526 g/mol. The molecular formula is C23H38N2O6SSi2. The molecule has 1 unspecified atom stereocenters. The minimum absolute atomic E-state index is 0.220. The molecule has 0 bridgehead atoms. The highest BCUT2D eigenvalue weighted by atomic mass is 32.1. The SMILES string of the molecule is CC(C)[Si]1(C(C)C)OC[C@H]2O[C@@H](n3c(=O)[nH]c(=O)c4sccc43)CC2O[Si](C(C)C)(C(C)C)O1. The first kappa shape index (κ1) is 26.0. The normalized spacial score (nSPS) is 27.0. The first-order valence-corrected chi connectivity index (χ1v) is 17.1. The summed E-state index contributed by atoms with van der Waals surface area (Å²) in [4.78, 5) is 27.6. The quantitative estimate of drug-likeness (QED) is 0.552. The molecule has 0 spiro atoms. The van der Waals surface area contributed by atoms with E-state index < -0.39 is 29.0 Å². The van der Waals surface area contributed by atoms with E-state index in [9.17, 15) is 9.59 Å². The Morgan fingerprint density at radius 2 is 1.59 bits per heavy atom. The van der Waals surface area contributed by atoms with Crippen molar-refractivity contribution < 1.29 is 17.7 Å². The molecule has 2 aromatic heterocycles. The zero-order valence-electron chi connectivity index (χ0n) is 21.4. The number of hydrogen-bond acceptors (Lipinski definition) is 7. The second-order valence-electron chi connectivity index (χ2n) is 10.8. The average molecular weight is 527 g/mol. The molecule has 0 aliphatic carbocycles. The molecule has 1 N–H and O–H groups in total. The largest absolute Gasteiger partial charge is 0.414 e. The van der Waals surface area contributed by atoms with Crippen molar-refractivity contribution in [3.63, 3.8) is 0 Å². The number of nitrogens with zero attached hydrogens (tertiary/aromatic N) is 1. The van der Waals surface area contributed by atoms with Gasteiger partial charge in [-0.25, -0.2) is 4.79 Å². The van der Waals surface area contributed by atoms with Crippen LogP contribution in [0.4, 0.5) is 0 Å². The van der Waals surface area contributed by atoms with Gasteiger partial charge in [-0.05, 0) is 33.6 Å². The van der Waals surface area contributed by atoms with Crippen LogP contribution in [0, 0.1) is 0 Å². The molecule has 8 nitrogen and oxygen atoms in total. The van der Waals surface area contributed by atoms with Gasteiger partial charge in [-0.2, -0.15) is 0 Å². The van der Waals surface area contributed by atoms with E-state index in [0.29, 0.717) is 23.2 Å². The predicted molar refractivity (Wildman–Crippen MR) is 139 cm³/mol. The molecule has 4 heterocycles. The van der Waals surface area contributed by atoms with E-state index in [1.165, 1.54) is 11.3 Å². The van der Waals surface area contributed by atoms with Gasteiger partial charge in [0.1, 0.15) is 17.0 Å². The maximum Gasteiger partial charge on any atom is 0.335 e. The van der Waals surface area contributed by atoms with E-state index >= 15 is 0 Å². The van der Waals surface area contributed by atoms with E-state index in [0.717, 1.165) is 0 Å². The third kappa shape index (κ3) is 4.12. The highest BCUT2D eigenvalue weighted by molar-refractivity contribution is 7.17. The lowest BCUT2D eigenvalue weighted by Gasteiger charge is -2.51. The van der Waals surface area contributed by atoms with Gasteiger partial charge in [0.25, 0.3) is 5.56 Å². The summed E-state index contributed by atoms with van der Waals surface area (Å²) in [5.74, 6) is 0. The molecule has 2 saturated heterocycles. The van der Waals surface area contributed by atoms with Crippen molar-refractivity contribution in [2.45, 2.75) is 102 Å². The van der Waals surface area contributed by atoms with Crippen LogP contribution < -0.4 is 11.2 Å². The van der Waals surface area contributed by atoms with Crippen molar-refractivity contribution in [3.05, 3.63) is 32.3 Å². The Bertz CT molecular complexity index is 1120. The van der Waals surface area contributed by atoms with Crippen LogP contribution in [0.5, 0.6) is 0 Å². The molecule has 3 atom stereocenters. The van der Waals surface area contributed by atoms with E-state index in [-0.39, 0.29) is 39.9 Å². The van der Waals surface area contributed by atoms with Crippen LogP contribution in [0.1, 0.15) is 68.0 Å². The summed E-state index contributed by atoms with van der Waals surface area (Å²) in [6, 6.07) is 1.80. The van der Waals surface area contributed by atoms with Gasteiger partial charge < -0.3 is 17.7 Å². The number of H-pyrrole nitrogens is 1. The highest BCUT2D eigenvalue weighted by Gasteiger charge is 2.60. The Kier molecular flexibility index (Phi) is 7.20. The Balaban J connectivity index is 1.77. The van der Waals surface area contributed by atoms with Crippen molar-refractivity contribution in [1.82, 2.24) is 9.55 Å². The predicted octanol–water partition coefficient (Wildman–Crippen LogP) is 5.00. The van der Waals surface area contributed by atoms with Crippen molar-refractivity contribution in [2.75, 3.05) is 6.61 Å². The van der Waals surface area contributed by atoms with Crippen molar-refractivity contribution in [1.29, 1.82) is 0 Å². The molecule has 2 aromatic rings. The number of rotatable bonds is 5. The van der Waals surface area contributed by atoms with Gasteiger partial charge in [0.2, 0.25) is 0 Å². The van der Waals surface area contributed by atoms with Crippen LogP contribution in [0.2, 0.25) is 22.2 Å². The van der Waals surface area contributed by atoms with Gasteiger partial charge in [-0.1, -0.05) is 55.4 Å². The Morgan fingerprint density at radius 3 is 2.18 bits per heavy atom. The summed E-state index contributed by atoms with van der Waals surface area (Å²) in [6.45, 7) is 17.9. The second-order valence-corrected chi connectivity index (χ2v) is 20.5. The third-order valence-electron chi connectivity index (χ3n) is 7.36. The molecule has 0 radical (unpaired) electrons. The summed E-state index contributed by atoms with van der Waals surface area (Å²) < 4.78 is 29.6. The molecule has 2 aliphatic rings.